The number of anilines is 1. The van der Waals surface area contributed by atoms with Gasteiger partial charge in [-0.2, -0.15) is 0 Å². The first-order valence-corrected chi connectivity index (χ1v) is 25.2. The number of aliphatic hydroxyl groups is 2. The van der Waals surface area contributed by atoms with Gasteiger partial charge in [0.05, 0.1) is 48.0 Å². The number of aliphatic hydroxyl groups excluding tert-OH is 2. The minimum atomic E-state index is -2.16. The molecule has 76 heavy (non-hydrogen) atoms. The second-order valence-electron chi connectivity index (χ2n) is 19.0. The van der Waals surface area contributed by atoms with Gasteiger partial charge in [-0.3, -0.25) is 19.3 Å². The van der Waals surface area contributed by atoms with Gasteiger partial charge in [0.25, 0.3) is 0 Å². The van der Waals surface area contributed by atoms with Crippen molar-refractivity contribution < 1.29 is 38.9 Å². The summed E-state index contributed by atoms with van der Waals surface area (Å²) in [7, 11) is 0. The molecular formula is C61H53N7O8. The molecule has 0 saturated carbocycles. The number of amides is 4. The fourth-order valence-electron chi connectivity index (χ4n) is 11.4. The Morgan fingerprint density at radius 3 is 2.14 bits per heavy atom. The Morgan fingerprint density at radius 2 is 1.42 bits per heavy atom. The Morgan fingerprint density at radius 1 is 0.776 bits per heavy atom. The summed E-state index contributed by atoms with van der Waals surface area (Å²) < 4.78 is 14.7. The van der Waals surface area contributed by atoms with Gasteiger partial charge >= 0.3 is 12.0 Å². The molecule has 7 aromatic carbocycles. The average Bonchev–Trinajstić information content (AvgIpc) is 4.27. The number of rotatable bonds is 13. The highest BCUT2D eigenvalue weighted by Crippen LogP contribution is 2.66. The molecule has 0 unspecified atom stereocenters. The van der Waals surface area contributed by atoms with Crippen LogP contribution in [0.25, 0.3) is 11.0 Å². The van der Waals surface area contributed by atoms with Crippen molar-refractivity contribution in [1.82, 2.24) is 30.5 Å². The SMILES string of the molecule is C[C@@H](NC(=O)N1C(=O)[C@@]2(c3cc(C#CCn4nnc5ccccc54)ccc31)[C@H](c1ccccc1OCCO)N1[C@H](c3ccccc3)[C@H](c3ccccc3)OC(=O)[C@H]1[C@@H]2C(=O)NC[C@H](O)c1ccccc1)c1ccccc1. The number of aromatic nitrogens is 3. The minimum absolute atomic E-state index is 0.129. The van der Waals surface area contributed by atoms with Gasteiger partial charge < -0.3 is 30.3 Å². The van der Waals surface area contributed by atoms with E-state index in [-0.39, 0.29) is 43.3 Å². The maximum absolute atomic E-state index is 16.9. The lowest BCUT2D eigenvalue weighted by atomic mass is 9.65. The van der Waals surface area contributed by atoms with E-state index in [4.69, 9.17) is 9.47 Å². The number of esters is 1. The van der Waals surface area contributed by atoms with E-state index in [1.165, 1.54) is 0 Å². The van der Waals surface area contributed by atoms with Crippen molar-refractivity contribution in [2.75, 3.05) is 24.7 Å². The summed E-state index contributed by atoms with van der Waals surface area (Å²) in [6.07, 6.45) is -2.16. The number of para-hydroxylation sites is 2. The lowest BCUT2D eigenvalue weighted by Gasteiger charge is -2.46. The van der Waals surface area contributed by atoms with Crippen molar-refractivity contribution in [2.45, 2.75) is 55.3 Å². The molecule has 2 fully saturated rings. The summed E-state index contributed by atoms with van der Waals surface area (Å²) in [5.74, 6) is 2.77. The lowest BCUT2D eigenvalue weighted by molar-refractivity contribution is -0.178. The van der Waals surface area contributed by atoms with E-state index >= 15 is 19.2 Å². The van der Waals surface area contributed by atoms with Crippen molar-refractivity contribution >= 4 is 40.5 Å². The molecule has 380 valence electrons. The molecule has 3 aliphatic heterocycles. The van der Waals surface area contributed by atoms with Crippen molar-refractivity contribution in [3.8, 4) is 17.6 Å². The molecule has 15 nitrogen and oxygen atoms in total. The van der Waals surface area contributed by atoms with Crippen molar-refractivity contribution in [1.29, 1.82) is 0 Å². The number of cyclic esters (lactones) is 1. The van der Waals surface area contributed by atoms with E-state index in [9.17, 15) is 10.2 Å². The van der Waals surface area contributed by atoms with E-state index in [2.05, 4.69) is 32.8 Å². The number of hydrogen-bond donors (Lipinski definition) is 4. The number of imide groups is 1. The van der Waals surface area contributed by atoms with Gasteiger partial charge in [-0.1, -0.05) is 169 Å². The molecule has 0 radical (unpaired) electrons. The molecule has 1 aromatic heterocycles. The average molecular weight is 1010 g/mol. The smallest absolute Gasteiger partial charge is 0.329 e. The summed E-state index contributed by atoms with van der Waals surface area (Å²) in [6.45, 7) is 1.20. The molecule has 3 aliphatic rings. The third-order valence-electron chi connectivity index (χ3n) is 14.7. The predicted molar refractivity (Wildman–Crippen MR) is 283 cm³/mol. The van der Waals surface area contributed by atoms with Crippen LogP contribution >= 0.6 is 0 Å². The molecule has 1 spiro atoms. The fraction of sp³-hybridized carbons (Fsp3) is 0.213. The molecule has 4 heterocycles. The van der Waals surface area contributed by atoms with E-state index in [1.807, 2.05) is 133 Å². The number of benzene rings is 7. The first-order chi connectivity index (χ1) is 37.2. The van der Waals surface area contributed by atoms with Gasteiger partial charge in [0.15, 0.2) is 0 Å². The van der Waals surface area contributed by atoms with Crippen LogP contribution in [0.4, 0.5) is 10.5 Å². The summed E-state index contributed by atoms with van der Waals surface area (Å²) in [4.78, 5) is 66.8. The number of morpholine rings is 1. The largest absolute Gasteiger partial charge is 0.491 e. The molecule has 4 N–H and O–H groups in total. The quantitative estimate of drug-likeness (QED) is 0.0651. The second-order valence-corrected chi connectivity index (χ2v) is 19.0. The van der Waals surface area contributed by atoms with Crippen LogP contribution in [0.3, 0.4) is 0 Å². The van der Waals surface area contributed by atoms with Crippen LogP contribution in [0.2, 0.25) is 0 Å². The number of carbonyl (C=O) groups excluding carboxylic acids is 4. The minimum Gasteiger partial charge on any atom is -0.491 e. The standard InChI is InChI=1S/C61H53N7O8/c1-39(41-20-6-2-7-21-41)63-60(74)67-48-33-32-40(19-18-34-66-49-30-16-15-29-47(49)64-65-66)37-46(48)61(59(67)73)52(57(71)62-38-50(70)42-22-8-3-9-23-42)54-58(72)76-55(44-26-12-5-13-27-44)53(43-24-10-4-11-25-43)68(54)56(61)45-28-14-17-31-51(45)75-36-35-69/h2-17,20-33,37,39,50,52-56,69-70H,34-36,38H2,1H3,(H,62,71)(H,63,74)/t39-,50+,52-,53-,54-,55+,56+,61-/m1/s1. The Kier molecular flexibility index (Phi) is 13.7. The Bertz CT molecular complexity index is 3500. The first kappa shape index (κ1) is 49.3. The summed E-state index contributed by atoms with van der Waals surface area (Å²) >= 11 is 0. The third-order valence-corrected chi connectivity index (χ3v) is 14.7. The van der Waals surface area contributed by atoms with Crippen LogP contribution in [0.5, 0.6) is 5.75 Å². The molecule has 0 bridgehead atoms. The molecule has 15 heteroatoms. The number of ether oxygens (including phenoxy) is 2. The molecule has 2 saturated heterocycles. The second kappa shape index (κ2) is 21.1. The van der Waals surface area contributed by atoms with Crippen LogP contribution in [0.1, 0.15) is 76.2 Å². The topological polar surface area (TPSA) is 188 Å². The predicted octanol–water partition coefficient (Wildman–Crippen LogP) is 7.84. The number of urea groups is 1. The maximum Gasteiger partial charge on any atom is 0.329 e. The maximum atomic E-state index is 16.9. The van der Waals surface area contributed by atoms with Gasteiger partial charge in [-0.05, 0) is 71.1 Å². The monoisotopic (exact) mass is 1010 g/mol. The molecule has 4 amide bonds. The lowest BCUT2D eigenvalue weighted by Crippen LogP contribution is -2.56. The molecule has 0 aliphatic carbocycles. The van der Waals surface area contributed by atoms with Crippen LogP contribution in [-0.4, -0.2) is 79.7 Å². The highest BCUT2D eigenvalue weighted by molar-refractivity contribution is 6.24. The van der Waals surface area contributed by atoms with Gasteiger partial charge in [0.1, 0.15) is 42.0 Å². The van der Waals surface area contributed by atoms with E-state index < -0.39 is 71.5 Å². The van der Waals surface area contributed by atoms with Crippen molar-refractivity contribution in [2.24, 2.45) is 5.92 Å². The third kappa shape index (κ3) is 8.81. The summed E-state index contributed by atoms with van der Waals surface area (Å²) in [6, 6.07) is 51.6. The van der Waals surface area contributed by atoms with Gasteiger partial charge in [-0.25, -0.2) is 14.4 Å². The van der Waals surface area contributed by atoms with E-state index in [0.717, 1.165) is 16.0 Å². The first-order valence-electron chi connectivity index (χ1n) is 25.2. The van der Waals surface area contributed by atoms with Crippen LogP contribution in [0, 0.1) is 17.8 Å². The summed E-state index contributed by atoms with van der Waals surface area (Å²) in [5, 5.41) is 36.4. The summed E-state index contributed by atoms with van der Waals surface area (Å²) in [5.41, 5.74) is 3.26. The highest BCUT2D eigenvalue weighted by Gasteiger charge is 2.76. The van der Waals surface area contributed by atoms with Gasteiger partial charge in [-0.15, -0.1) is 5.10 Å². The Balaban J connectivity index is 1.17. The van der Waals surface area contributed by atoms with Crippen molar-refractivity contribution in [3.63, 3.8) is 0 Å². The van der Waals surface area contributed by atoms with Crippen LogP contribution in [-0.2, 0) is 31.1 Å². The molecular weight excluding hydrogens is 959 g/mol. The van der Waals surface area contributed by atoms with Crippen molar-refractivity contribution in [3.05, 3.63) is 227 Å². The van der Waals surface area contributed by atoms with Gasteiger partial charge in [0.2, 0.25) is 11.8 Å². The van der Waals surface area contributed by atoms with Crippen LogP contribution in [0.15, 0.2) is 188 Å². The Labute approximate surface area is 438 Å². The number of nitrogens with one attached hydrogen (secondary N) is 2. The molecule has 8 aromatic rings. The zero-order chi connectivity index (χ0) is 52.3. The highest BCUT2D eigenvalue weighted by atomic mass is 16.6. The zero-order valence-corrected chi connectivity index (χ0v) is 41.3. The fourth-order valence-corrected chi connectivity index (χ4v) is 11.4. The van der Waals surface area contributed by atoms with E-state index in [1.54, 1.807) is 71.4 Å². The zero-order valence-electron chi connectivity index (χ0n) is 41.3. The molecule has 8 atom stereocenters. The number of nitrogens with zero attached hydrogens (tertiary/aromatic N) is 5. The normalized spacial score (nSPS) is 21.5. The number of fused-ring (bicyclic) bond motifs is 4. The molecule has 11 rings (SSSR count). The number of hydrogen-bond acceptors (Lipinski definition) is 11. The van der Waals surface area contributed by atoms with Gasteiger partial charge in [0, 0.05) is 17.7 Å². The number of carbonyl (C=O) groups is 4. The van der Waals surface area contributed by atoms with E-state index in [0.29, 0.717) is 33.3 Å². The van der Waals surface area contributed by atoms with Crippen LogP contribution < -0.4 is 20.3 Å². The Hall–Kier alpha value is -8.94.